The Balaban J connectivity index is 2.01. The summed E-state index contributed by atoms with van der Waals surface area (Å²) < 4.78 is 5.27. The normalized spacial score (nSPS) is 18.1. The minimum atomic E-state index is -0.422. The average molecular weight is 243 g/mol. The Labute approximate surface area is 104 Å². The van der Waals surface area contributed by atoms with E-state index in [1.807, 2.05) is 13.8 Å². The SMILES string of the molecule is CC(C)(N)CC(=O)NCCCN1CCOCC1. The zero-order chi connectivity index (χ0) is 12.7. The standard InChI is InChI=1S/C12H25N3O2/c1-12(2,13)10-11(16)14-4-3-5-15-6-8-17-9-7-15/h3-10,13H2,1-2H3,(H,14,16). The summed E-state index contributed by atoms with van der Waals surface area (Å²) in [7, 11) is 0. The van der Waals surface area contributed by atoms with Crippen molar-refractivity contribution in [2.24, 2.45) is 5.73 Å². The molecule has 1 saturated heterocycles. The Morgan fingerprint density at radius 3 is 2.65 bits per heavy atom. The maximum Gasteiger partial charge on any atom is 0.221 e. The molecular weight excluding hydrogens is 218 g/mol. The van der Waals surface area contributed by atoms with Crippen LogP contribution in [0.4, 0.5) is 0 Å². The minimum Gasteiger partial charge on any atom is -0.379 e. The van der Waals surface area contributed by atoms with Crippen LogP contribution in [0.15, 0.2) is 0 Å². The first kappa shape index (κ1) is 14.4. The minimum absolute atomic E-state index is 0.0412. The Bertz CT molecular complexity index is 232. The number of ether oxygens (including phenoxy) is 1. The molecule has 100 valence electrons. The molecule has 0 unspecified atom stereocenters. The fourth-order valence-electron chi connectivity index (χ4n) is 1.83. The number of carbonyl (C=O) groups is 1. The van der Waals surface area contributed by atoms with E-state index < -0.39 is 5.54 Å². The highest BCUT2D eigenvalue weighted by molar-refractivity contribution is 5.76. The van der Waals surface area contributed by atoms with Crippen molar-refractivity contribution in [1.29, 1.82) is 0 Å². The predicted molar refractivity (Wildman–Crippen MR) is 67.8 cm³/mol. The fraction of sp³-hybridized carbons (Fsp3) is 0.917. The zero-order valence-corrected chi connectivity index (χ0v) is 11.0. The Kier molecular flexibility index (Phi) is 5.88. The molecule has 1 fully saturated rings. The molecule has 1 heterocycles. The lowest BCUT2D eigenvalue weighted by Gasteiger charge is -2.26. The van der Waals surface area contributed by atoms with Crippen molar-refractivity contribution in [1.82, 2.24) is 10.2 Å². The Hall–Kier alpha value is -0.650. The lowest BCUT2D eigenvalue weighted by atomic mass is 10.0. The summed E-state index contributed by atoms with van der Waals surface area (Å²) in [4.78, 5) is 13.8. The van der Waals surface area contributed by atoms with Crippen LogP contribution in [0.1, 0.15) is 26.7 Å². The summed E-state index contributed by atoms with van der Waals surface area (Å²) in [6.07, 6.45) is 1.36. The average Bonchev–Trinajstić information content (AvgIpc) is 2.23. The van der Waals surface area contributed by atoms with Crippen LogP contribution >= 0.6 is 0 Å². The third-order valence-corrected chi connectivity index (χ3v) is 2.69. The molecule has 1 aliphatic heterocycles. The van der Waals surface area contributed by atoms with Crippen molar-refractivity contribution in [3.05, 3.63) is 0 Å². The highest BCUT2D eigenvalue weighted by Gasteiger charge is 2.16. The number of nitrogens with two attached hydrogens (primary N) is 1. The molecule has 0 saturated carbocycles. The van der Waals surface area contributed by atoms with Gasteiger partial charge in [-0.1, -0.05) is 0 Å². The van der Waals surface area contributed by atoms with E-state index in [1.54, 1.807) is 0 Å². The lowest BCUT2D eigenvalue weighted by molar-refractivity contribution is -0.122. The van der Waals surface area contributed by atoms with Gasteiger partial charge in [0.15, 0.2) is 0 Å². The molecule has 0 bridgehead atoms. The van der Waals surface area contributed by atoms with Crippen molar-refractivity contribution in [2.45, 2.75) is 32.2 Å². The van der Waals surface area contributed by atoms with Crippen LogP contribution in [0.3, 0.4) is 0 Å². The van der Waals surface area contributed by atoms with E-state index in [0.717, 1.165) is 45.8 Å². The first-order chi connectivity index (χ1) is 7.97. The van der Waals surface area contributed by atoms with E-state index in [4.69, 9.17) is 10.5 Å². The molecular formula is C12H25N3O2. The molecule has 1 aliphatic rings. The molecule has 0 atom stereocenters. The fourth-order valence-corrected chi connectivity index (χ4v) is 1.83. The van der Waals surface area contributed by atoms with Gasteiger partial charge in [-0.15, -0.1) is 0 Å². The Morgan fingerprint density at radius 2 is 2.06 bits per heavy atom. The van der Waals surface area contributed by atoms with E-state index in [2.05, 4.69) is 10.2 Å². The van der Waals surface area contributed by atoms with Gasteiger partial charge in [0.1, 0.15) is 0 Å². The number of hydrogen-bond acceptors (Lipinski definition) is 4. The van der Waals surface area contributed by atoms with Gasteiger partial charge in [-0.3, -0.25) is 9.69 Å². The maximum absolute atomic E-state index is 11.5. The molecule has 0 spiro atoms. The van der Waals surface area contributed by atoms with Crippen molar-refractivity contribution in [2.75, 3.05) is 39.4 Å². The quantitative estimate of drug-likeness (QED) is 0.642. The molecule has 1 amide bonds. The first-order valence-electron chi connectivity index (χ1n) is 6.33. The number of nitrogens with one attached hydrogen (secondary N) is 1. The number of rotatable bonds is 6. The number of amides is 1. The topological polar surface area (TPSA) is 67.6 Å². The van der Waals surface area contributed by atoms with Gasteiger partial charge in [0.25, 0.3) is 0 Å². The van der Waals surface area contributed by atoms with Crippen LogP contribution in [0.25, 0.3) is 0 Å². The molecule has 0 aromatic heterocycles. The molecule has 1 rings (SSSR count). The highest BCUT2D eigenvalue weighted by atomic mass is 16.5. The molecule has 0 radical (unpaired) electrons. The van der Waals surface area contributed by atoms with Gasteiger partial charge in [-0.05, 0) is 26.8 Å². The second-order valence-electron chi connectivity index (χ2n) is 5.32. The zero-order valence-electron chi connectivity index (χ0n) is 11.0. The van der Waals surface area contributed by atoms with E-state index >= 15 is 0 Å². The second-order valence-corrected chi connectivity index (χ2v) is 5.32. The van der Waals surface area contributed by atoms with Crippen LogP contribution in [0.2, 0.25) is 0 Å². The van der Waals surface area contributed by atoms with Crippen molar-refractivity contribution < 1.29 is 9.53 Å². The molecule has 5 nitrogen and oxygen atoms in total. The van der Waals surface area contributed by atoms with Crippen LogP contribution in [0.5, 0.6) is 0 Å². The van der Waals surface area contributed by atoms with E-state index in [1.165, 1.54) is 0 Å². The second kappa shape index (κ2) is 6.93. The number of hydrogen-bond donors (Lipinski definition) is 2. The van der Waals surface area contributed by atoms with Gasteiger partial charge < -0.3 is 15.8 Å². The third kappa shape index (κ3) is 7.31. The van der Waals surface area contributed by atoms with Crippen LogP contribution < -0.4 is 11.1 Å². The molecule has 3 N–H and O–H groups in total. The van der Waals surface area contributed by atoms with Crippen LogP contribution in [-0.2, 0) is 9.53 Å². The van der Waals surface area contributed by atoms with E-state index in [9.17, 15) is 4.79 Å². The maximum atomic E-state index is 11.5. The molecule has 0 aromatic rings. The van der Waals surface area contributed by atoms with Gasteiger partial charge in [-0.25, -0.2) is 0 Å². The summed E-state index contributed by atoms with van der Waals surface area (Å²) in [5, 5.41) is 2.90. The summed E-state index contributed by atoms with van der Waals surface area (Å²) in [6, 6.07) is 0. The summed E-state index contributed by atoms with van der Waals surface area (Å²) >= 11 is 0. The molecule has 17 heavy (non-hydrogen) atoms. The van der Waals surface area contributed by atoms with Crippen LogP contribution in [0, 0.1) is 0 Å². The molecule has 5 heteroatoms. The van der Waals surface area contributed by atoms with Gasteiger partial charge in [0.2, 0.25) is 5.91 Å². The van der Waals surface area contributed by atoms with Crippen molar-refractivity contribution in [3.63, 3.8) is 0 Å². The third-order valence-electron chi connectivity index (χ3n) is 2.69. The van der Waals surface area contributed by atoms with Crippen LogP contribution in [-0.4, -0.2) is 55.7 Å². The van der Waals surface area contributed by atoms with E-state index in [-0.39, 0.29) is 5.91 Å². The van der Waals surface area contributed by atoms with Gasteiger partial charge >= 0.3 is 0 Å². The number of carbonyl (C=O) groups excluding carboxylic acids is 1. The smallest absolute Gasteiger partial charge is 0.221 e. The highest BCUT2D eigenvalue weighted by Crippen LogP contribution is 2.02. The summed E-state index contributed by atoms with van der Waals surface area (Å²) in [5.41, 5.74) is 5.35. The lowest BCUT2D eigenvalue weighted by Crippen LogP contribution is -2.40. The van der Waals surface area contributed by atoms with Crippen molar-refractivity contribution in [3.8, 4) is 0 Å². The number of nitrogens with zero attached hydrogens (tertiary/aromatic N) is 1. The van der Waals surface area contributed by atoms with Gasteiger partial charge in [0.05, 0.1) is 13.2 Å². The summed E-state index contributed by atoms with van der Waals surface area (Å²) in [6.45, 7) is 9.14. The summed E-state index contributed by atoms with van der Waals surface area (Å²) in [5.74, 6) is 0.0412. The van der Waals surface area contributed by atoms with Gasteiger partial charge in [0, 0.05) is 31.6 Å². The number of morpholine rings is 1. The molecule has 0 aliphatic carbocycles. The largest absolute Gasteiger partial charge is 0.379 e. The van der Waals surface area contributed by atoms with E-state index in [0.29, 0.717) is 6.42 Å². The van der Waals surface area contributed by atoms with Crippen molar-refractivity contribution >= 4 is 5.91 Å². The molecule has 0 aromatic carbocycles. The predicted octanol–water partition coefficient (Wildman–Crippen LogP) is -0.0477. The first-order valence-corrected chi connectivity index (χ1v) is 6.33. The Morgan fingerprint density at radius 1 is 1.41 bits per heavy atom. The monoisotopic (exact) mass is 243 g/mol. The van der Waals surface area contributed by atoms with Gasteiger partial charge in [-0.2, -0.15) is 0 Å².